The fourth-order valence-electron chi connectivity index (χ4n) is 2.85. The molecule has 1 saturated heterocycles. The Morgan fingerprint density at radius 3 is 3.10 bits per heavy atom. The molecule has 4 heteroatoms. The largest absolute Gasteiger partial charge is 0.494 e. The van der Waals surface area contributed by atoms with Gasteiger partial charge in [0.2, 0.25) is 0 Å². The van der Waals surface area contributed by atoms with Gasteiger partial charge in [0, 0.05) is 6.20 Å². The van der Waals surface area contributed by atoms with Crippen LogP contribution in [0.2, 0.25) is 0 Å². The van der Waals surface area contributed by atoms with Crippen molar-refractivity contribution in [3.05, 3.63) is 42.2 Å². The van der Waals surface area contributed by atoms with Crippen LogP contribution in [0.4, 0.5) is 0 Å². The summed E-state index contributed by atoms with van der Waals surface area (Å²) < 4.78 is 7.30. The Morgan fingerprint density at radius 1 is 1.40 bits per heavy atom. The summed E-state index contributed by atoms with van der Waals surface area (Å²) in [6, 6.07) is 7.96. The molecule has 1 N–H and O–H groups in total. The molecule has 1 aliphatic heterocycles. The molecule has 1 fully saturated rings. The van der Waals surface area contributed by atoms with Gasteiger partial charge >= 0.3 is 0 Å². The van der Waals surface area contributed by atoms with Crippen molar-refractivity contribution < 1.29 is 4.74 Å². The monoisotopic (exact) mass is 271 g/mol. The van der Waals surface area contributed by atoms with Crippen LogP contribution in [-0.2, 0) is 6.42 Å². The third kappa shape index (κ3) is 2.85. The smallest absolute Gasteiger partial charge is 0.144 e. The molecule has 0 radical (unpaired) electrons. The van der Waals surface area contributed by atoms with Crippen LogP contribution in [0.5, 0.6) is 5.75 Å². The highest BCUT2D eigenvalue weighted by Crippen LogP contribution is 2.23. The van der Waals surface area contributed by atoms with Crippen LogP contribution >= 0.6 is 0 Å². The molecule has 1 aromatic heterocycles. The van der Waals surface area contributed by atoms with Gasteiger partial charge in [-0.3, -0.25) is 0 Å². The first kappa shape index (κ1) is 13.2. The van der Waals surface area contributed by atoms with Crippen molar-refractivity contribution in [1.29, 1.82) is 0 Å². The van der Waals surface area contributed by atoms with Crippen LogP contribution in [0.1, 0.15) is 18.4 Å². The summed E-state index contributed by atoms with van der Waals surface area (Å²) in [7, 11) is 1.69. The van der Waals surface area contributed by atoms with Gasteiger partial charge in [-0.1, -0.05) is 12.1 Å². The van der Waals surface area contributed by atoms with E-state index in [0.717, 1.165) is 36.9 Å². The van der Waals surface area contributed by atoms with Gasteiger partial charge in [0.15, 0.2) is 0 Å². The summed E-state index contributed by atoms with van der Waals surface area (Å²) in [5, 5.41) is 7.94. The maximum atomic E-state index is 5.39. The van der Waals surface area contributed by atoms with E-state index in [9.17, 15) is 0 Å². The zero-order chi connectivity index (χ0) is 13.8. The number of nitrogens with zero attached hydrogens (tertiary/aromatic N) is 2. The number of rotatable bonds is 4. The van der Waals surface area contributed by atoms with Gasteiger partial charge in [0.1, 0.15) is 11.4 Å². The molecule has 0 spiro atoms. The number of piperidine rings is 1. The molecule has 2 aromatic rings. The molecular formula is C16H21N3O. The van der Waals surface area contributed by atoms with Crippen LogP contribution in [0.25, 0.3) is 5.69 Å². The standard InChI is InChI=1S/C16H21N3O/c1-20-16-7-3-2-6-15(16)19-12-14(11-18-19)9-13-5-4-8-17-10-13/h2-3,6-7,11-13,17H,4-5,8-10H2,1H3. The molecule has 0 saturated carbocycles. The Morgan fingerprint density at radius 2 is 2.30 bits per heavy atom. The van der Waals surface area contributed by atoms with Crippen molar-refractivity contribution in [2.24, 2.45) is 5.92 Å². The second-order valence-electron chi connectivity index (χ2n) is 5.38. The summed E-state index contributed by atoms with van der Waals surface area (Å²) in [5.74, 6) is 1.58. The van der Waals surface area contributed by atoms with E-state index >= 15 is 0 Å². The van der Waals surface area contributed by atoms with Crippen LogP contribution in [0.3, 0.4) is 0 Å². The lowest BCUT2D eigenvalue weighted by molar-refractivity contribution is 0.376. The first-order chi connectivity index (χ1) is 9.86. The number of hydrogen-bond acceptors (Lipinski definition) is 3. The average molecular weight is 271 g/mol. The molecular weight excluding hydrogens is 250 g/mol. The van der Waals surface area contributed by atoms with E-state index in [0.29, 0.717) is 0 Å². The molecule has 4 nitrogen and oxygen atoms in total. The Balaban J connectivity index is 1.75. The molecule has 2 heterocycles. The zero-order valence-electron chi connectivity index (χ0n) is 11.9. The highest BCUT2D eigenvalue weighted by atomic mass is 16.5. The SMILES string of the molecule is COc1ccccc1-n1cc(CC2CCCNC2)cn1. The molecule has 0 aliphatic carbocycles. The van der Waals surface area contributed by atoms with Gasteiger partial charge in [-0.05, 0) is 56.0 Å². The minimum Gasteiger partial charge on any atom is -0.494 e. The van der Waals surface area contributed by atoms with Gasteiger partial charge in [-0.2, -0.15) is 5.10 Å². The third-order valence-electron chi connectivity index (χ3n) is 3.89. The molecule has 20 heavy (non-hydrogen) atoms. The minimum absolute atomic E-state index is 0.735. The summed E-state index contributed by atoms with van der Waals surface area (Å²) >= 11 is 0. The zero-order valence-corrected chi connectivity index (χ0v) is 11.9. The predicted octanol–water partition coefficient (Wildman–Crippen LogP) is 2.42. The molecule has 1 aromatic carbocycles. The van der Waals surface area contributed by atoms with Crippen molar-refractivity contribution >= 4 is 0 Å². The van der Waals surface area contributed by atoms with Gasteiger partial charge in [0.25, 0.3) is 0 Å². The van der Waals surface area contributed by atoms with Gasteiger partial charge in [-0.25, -0.2) is 4.68 Å². The first-order valence-electron chi connectivity index (χ1n) is 7.24. The summed E-state index contributed by atoms with van der Waals surface area (Å²) in [5.41, 5.74) is 2.28. The number of benzene rings is 1. The minimum atomic E-state index is 0.735. The van der Waals surface area contributed by atoms with Crippen LogP contribution < -0.4 is 10.1 Å². The van der Waals surface area contributed by atoms with E-state index in [-0.39, 0.29) is 0 Å². The second-order valence-corrected chi connectivity index (χ2v) is 5.38. The second kappa shape index (κ2) is 6.09. The van der Waals surface area contributed by atoms with E-state index in [1.165, 1.54) is 18.4 Å². The maximum Gasteiger partial charge on any atom is 0.144 e. The Bertz CT molecular complexity index is 558. The van der Waals surface area contributed by atoms with E-state index in [1.807, 2.05) is 35.1 Å². The highest BCUT2D eigenvalue weighted by molar-refractivity contribution is 5.46. The van der Waals surface area contributed by atoms with Crippen LogP contribution in [0.15, 0.2) is 36.7 Å². The molecule has 0 bridgehead atoms. The predicted molar refractivity (Wildman–Crippen MR) is 79.4 cm³/mol. The van der Waals surface area contributed by atoms with E-state index in [2.05, 4.69) is 16.6 Å². The number of aromatic nitrogens is 2. The van der Waals surface area contributed by atoms with Crippen molar-refractivity contribution in [2.45, 2.75) is 19.3 Å². The number of methoxy groups -OCH3 is 1. The topological polar surface area (TPSA) is 39.1 Å². The molecule has 0 amide bonds. The molecule has 1 atom stereocenters. The Hall–Kier alpha value is -1.81. The Labute approximate surface area is 119 Å². The van der Waals surface area contributed by atoms with Crippen LogP contribution in [-0.4, -0.2) is 30.0 Å². The molecule has 1 aliphatic rings. The Kier molecular flexibility index (Phi) is 4.02. The highest BCUT2D eigenvalue weighted by Gasteiger charge is 2.15. The van der Waals surface area contributed by atoms with Gasteiger partial charge in [0.05, 0.1) is 13.3 Å². The lowest BCUT2D eigenvalue weighted by atomic mass is 9.94. The van der Waals surface area contributed by atoms with Crippen LogP contribution in [0, 0.1) is 5.92 Å². The lowest BCUT2D eigenvalue weighted by Crippen LogP contribution is -2.30. The average Bonchev–Trinajstić information content (AvgIpc) is 2.96. The number of hydrogen-bond donors (Lipinski definition) is 1. The number of ether oxygens (including phenoxy) is 1. The molecule has 1 unspecified atom stereocenters. The fourth-order valence-corrected chi connectivity index (χ4v) is 2.85. The van der Waals surface area contributed by atoms with E-state index < -0.39 is 0 Å². The van der Waals surface area contributed by atoms with Crippen molar-refractivity contribution in [2.75, 3.05) is 20.2 Å². The fraction of sp³-hybridized carbons (Fsp3) is 0.438. The summed E-state index contributed by atoms with van der Waals surface area (Å²) in [6.45, 7) is 2.29. The van der Waals surface area contributed by atoms with E-state index in [1.54, 1.807) is 7.11 Å². The lowest BCUT2D eigenvalue weighted by Gasteiger charge is -2.21. The summed E-state index contributed by atoms with van der Waals surface area (Å²) in [6.07, 6.45) is 7.79. The third-order valence-corrected chi connectivity index (χ3v) is 3.89. The van der Waals surface area contributed by atoms with Gasteiger partial charge < -0.3 is 10.1 Å². The molecule has 106 valence electrons. The number of para-hydroxylation sites is 2. The van der Waals surface area contributed by atoms with Crippen molar-refractivity contribution in [3.8, 4) is 11.4 Å². The first-order valence-corrected chi connectivity index (χ1v) is 7.24. The normalized spacial score (nSPS) is 18.9. The molecule has 3 rings (SSSR count). The number of nitrogens with one attached hydrogen (secondary N) is 1. The summed E-state index contributed by atoms with van der Waals surface area (Å²) in [4.78, 5) is 0. The van der Waals surface area contributed by atoms with E-state index in [4.69, 9.17) is 4.74 Å². The van der Waals surface area contributed by atoms with Gasteiger partial charge in [-0.15, -0.1) is 0 Å². The van der Waals surface area contributed by atoms with Crippen molar-refractivity contribution in [1.82, 2.24) is 15.1 Å². The maximum absolute atomic E-state index is 5.39. The van der Waals surface area contributed by atoms with Crippen molar-refractivity contribution in [3.63, 3.8) is 0 Å². The quantitative estimate of drug-likeness (QED) is 0.928.